The summed E-state index contributed by atoms with van der Waals surface area (Å²) in [5.74, 6) is -0.858. The number of anilines is 1. The number of alkyl carbamates (subject to hydrolysis) is 1. The van der Waals surface area contributed by atoms with E-state index in [0.717, 1.165) is 35.6 Å². The molecule has 266 valence electrons. The molecule has 0 aliphatic rings. The lowest BCUT2D eigenvalue weighted by atomic mass is 10.1. The standard InChI is InChI=1S/C37H40N6O7S/c1-4-6-7-8-21-50-37(46)41-35(38)27-16-14-25(15-17-27)22-30-36(45)42(3)31-19-18-28(23-29(31)40-30)43(24-33(44)49-5-2)51(47,48)32-13-9-11-26-12-10-20-39-34(26)32/h9-20,23H,4-8,21-22,24H2,1-3H3,(H2,38,41,46). The predicted molar refractivity (Wildman–Crippen MR) is 195 cm³/mol. The highest BCUT2D eigenvalue weighted by Gasteiger charge is 2.30. The maximum atomic E-state index is 14.2. The number of amides is 1. The van der Waals surface area contributed by atoms with Crippen molar-refractivity contribution in [3.63, 3.8) is 0 Å². The Morgan fingerprint density at radius 2 is 1.73 bits per heavy atom. The number of hydrogen-bond acceptors (Lipinski definition) is 10. The van der Waals surface area contributed by atoms with Crippen LogP contribution in [0.4, 0.5) is 10.5 Å². The molecule has 51 heavy (non-hydrogen) atoms. The topological polar surface area (TPSA) is 174 Å². The van der Waals surface area contributed by atoms with Crippen molar-refractivity contribution in [2.45, 2.75) is 50.8 Å². The summed E-state index contributed by atoms with van der Waals surface area (Å²) in [7, 11) is -2.74. The van der Waals surface area contributed by atoms with Crippen molar-refractivity contribution >= 4 is 55.5 Å². The molecule has 3 aromatic carbocycles. The van der Waals surface area contributed by atoms with Crippen LogP contribution in [0, 0.1) is 5.41 Å². The number of para-hydroxylation sites is 1. The summed E-state index contributed by atoms with van der Waals surface area (Å²) >= 11 is 0. The number of amidine groups is 1. The summed E-state index contributed by atoms with van der Waals surface area (Å²) in [5.41, 5.74) is 2.24. The van der Waals surface area contributed by atoms with E-state index in [0.29, 0.717) is 22.0 Å². The van der Waals surface area contributed by atoms with Crippen molar-refractivity contribution in [3.05, 3.63) is 106 Å². The molecule has 2 aromatic heterocycles. The third kappa shape index (κ3) is 8.58. The molecule has 0 unspecified atom stereocenters. The highest BCUT2D eigenvalue weighted by atomic mass is 32.2. The van der Waals surface area contributed by atoms with Crippen molar-refractivity contribution in [3.8, 4) is 0 Å². The van der Waals surface area contributed by atoms with E-state index in [1.165, 1.54) is 29.0 Å². The molecular formula is C37H40N6O7S. The number of esters is 1. The number of carbonyl (C=O) groups excluding carboxylic acids is 2. The van der Waals surface area contributed by atoms with Gasteiger partial charge in [0, 0.05) is 30.6 Å². The number of hydrogen-bond donors (Lipinski definition) is 2. The highest BCUT2D eigenvalue weighted by molar-refractivity contribution is 7.93. The molecule has 1 amide bonds. The minimum absolute atomic E-state index is 0.0671. The van der Waals surface area contributed by atoms with Gasteiger partial charge < -0.3 is 14.0 Å². The van der Waals surface area contributed by atoms with Crippen LogP contribution in [0.15, 0.2) is 88.7 Å². The maximum absolute atomic E-state index is 14.2. The molecule has 0 saturated carbocycles. The van der Waals surface area contributed by atoms with Crippen LogP contribution in [-0.4, -0.2) is 60.6 Å². The minimum atomic E-state index is -4.34. The number of aryl methyl sites for hydroxylation is 1. The lowest BCUT2D eigenvalue weighted by molar-refractivity contribution is -0.141. The van der Waals surface area contributed by atoms with E-state index in [1.54, 1.807) is 68.6 Å². The van der Waals surface area contributed by atoms with Gasteiger partial charge in [-0.3, -0.25) is 29.6 Å². The Labute approximate surface area is 295 Å². The van der Waals surface area contributed by atoms with Crippen molar-refractivity contribution in [1.29, 1.82) is 5.41 Å². The first-order chi connectivity index (χ1) is 24.5. The van der Waals surface area contributed by atoms with Crippen LogP contribution in [0.5, 0.6) is 0 Å². The van der Waals surface area contributed by atoms with Crippen molar-refractivity contribution in [2.24, 2.45) is 7.05 Å². The van der Waals surface area contributed by atoms with E-state index in [9.17, 15) is 22.8 Å². The van der Waals surface area contributed by atoms with E-state index in [1.807, 2.05) is 0 Å². The molecule has 0 atom stereocenters. The lowest BCUT2D eigenvalue weighted by Gasteiger charge is -2.24. The molecular weight excluding hydrogens is 673 g/mol. The third-order valence-corrected chi connectivity index (χ3v) is 10.0. The van der Waals surface area contributed by atoms with Gasteiger partial charge in [0.1, 0.15) is 23.0 Å². The molecule has 13 nitrogen and oxygen atoms in total. The van der Waals surface area contributed by atoms with E-state index in [-0.39, 0.29) is 52.8 Å². The summed E-state index contributed by atoms with van der Waals surface area (Å²) < 4.78 is 41.1. The van der Waals surface area contributed by atoms with E-state index in [2.05, 4.69) is 22.2 Å². The number of pyridine rings is 1. The second kappa shape index (κ2) is 16.4. The molecule has 0 radical (unpaired) electrons. The van der Waals surface area contributed by atoms with Crippen LogP contribution in [0.25, 0.3) is 21.9 Å². The van der Waals surface area contributed by atoms with Crippen LogP contribution in [0.1, 0.15) is 56.4 Å². The first-order valence-electron chi connectivity index (χ1n) is 16.7. The fraction of sp³-hybridized carbons (Fsp3) is 0.297. The maximum Gasteiger partial charge on any atom is 0.412 e. The zero-order valence-electron chi connectivity index (χ0n) is 28.7. The fourth-order valence-corrected chi connectivity index (χ4v) is 7.15. The van der Waals surface area contributed by atoms with Gasteiger partial charge >= 0.3 is 12.1 Å². The average molecular weight is 713 g/mol. The summed E-state index contributed by atoms with van der Waals surface area (Å²) in [4.78, 5) is 47.0. The number of sulfonamides is 1. The Bertz CT molecular complexity index is 2230. The van der Waals surface area contributed by atoms with Crippen LogP contribution in [0.2, 0.25) is 0 Å². The molecule has 14 heteroatoms. The molecule has 5 aromatic rings. The number of nitrogens with one attached hydrogen (secondary N) is 2. The van der Waals surface area contributed by atoms with Gasteiger partial charge in [0.25, 0.3) is 15.6 Å². The van der Waals surface area contributed by atoms with Gasteiger partial charge in [-0.05, 0) is 49.2 Å². The number of benzene rings is 3. The van der Waals surface area contributed by atoms with Crippen molar-refractivity contribution < 1.29 is 27.5 Å². The number of ether oxygens (including phenoxy) is 2. The zero-order valence-corrected chi connectivity index (χ0v) is 29.5. The van der Waals surface area contributed by atoms with Crippen LogP contribution < -0.4 is 15.2 Å². The summed E-state index contributed by atoms with van der Waals surface area (Å²) in [5, 5.41) is 11.3. The number of carbonyl (C=O) groups is 2. The normalized spacial score (nSPS) is 11.4. The van der Waals surface area contributed by atoms with Gasteiger partial charge in [0.15, 0.2) is 0 Å². The molecule has 2 N–H and O–H groups in total. The first kappa shape index (κ1) is 36.6. The van der Waals surface area contributed by atoms with E-state index < -0.39 is 28.6 Å². The van der Waals surface area contributed by atoms with Crippen LogP contribution in [0.3, 0.4) is 0 Å². The van der Waals surface area contributed by atoms with Gasteiger partial charge in [0.2, 0.25) is 0 Å². The average Bonchev–Trinajstić information content (AvgIpc) is 3.12. The number of unbranched alkanes of at least 4 members (excludes halogenated alkanes) is 3. The number of aromatic nitrogens is 3. The Hall–Kier alpha value is -5.63. The molecule has 0 aliphatic carbocycles. The smallest absolute Gasteiger partial charge is 0.412 e. The van der Waals surface area contributed by atoms with Crippen molar-refractivity contribution in [2.75, 3.05) is 24.1 Å². The monoisotopic (exact) mass is 712 g/mol. The van der Waals surface area contributed by atoms with Gasteiger partial charge in [-0.2, -0.15) is 0 Å². The minimum Gasteiger partial charge on any atom is -0.465 e. The third-order valence-electron chi connectivity index (χ3n) is 8.23. The van der Waals surface area contributed by atoms with Gasteiger partial charge in [-0.15, -0.1) is 0 Å². The Morgan fingerprint density at radius 3 is 2.47 bits per heavy atom. The largest absolute Gasteiger partial charge is 0.465 e. The predicted octanol–water partition coefficient (Wildman–Crippen LogP) is 5.46. The van der Waals surface area contributed by atoms with Gasteiger partial charge in [-0.25, -0.2) is 18.2 Å². The number of fused-ring (bicyclic) bond motifs is 2. The van der Waals surface area contributed by atoms with E-state index >= 15 is 0 Å². The fourth-order valence-electron chi connectivity index (χ4n) is 5.58. The van der Waals surface area contributed by atoms with E-state index in [4.69, 9.17) is 14.9 Å². The van der Waals surface area contributed by atoms with Crippen molar-refractivity contribution in [1.82, 2.24) is 19.9 Å². The molecule has 0 spiro atoms. The Balaban J connectivity index is 1.42. The number of rotatable bonds is 14. The molecule has 0 saturated heterocycles. The summed E-state index contributed by atoms with van der Waals surface area (Å²) in [6.45, 7) is 3.48. The highest BCUT2D eigenvalue weighted by Crippen LogP contribution is 2.30. The quantitative estimate of drug-likeness (QED) is 0.0656. The van der Waals surface area contributed by atoms with Gasteiger partial charge in [-0.1, -0.05) is 68.7 Å². The molecule has 0 aliphatic heterocycles. The Morgan fingerprint density at radius 1 is 0.961 bits per heavy atom. The van der Waals surface area contributed by atoms with Crippen LogP contribution >= 0.6 is 0 Å². The second-order valence-corrected chi connectivity index (χ2v) is 13.6. The lowest BCUT2D eigenvalue weighted by Crippen LogP contribution is -2.37. The zero-order chi connectivity index (χ0) is 36.5. The SMILES string of the molecule is CCCCCCOC(=O)NC(=N)c1ccc(Cc2nc3cc(N(CC(=O)OCC)S(=O)(=O)c4cccc5cccnc45)ccc3n(C)c2=O)cc1. The van der Waals surface area contributed by atoms with Crippen LogP contribution in [-0.2, 0) is 37.8 Å². The second-order valence-electron chi connectivity index (χ2n) is 11.8. The summed E-state index contributed by atoms with van der Waals surface area (Å²) in [6, 6.07) is 19.7. The first-order valence-corrected chi connectivity index (χ1v) is 18.1. The molecule has 0 bridgehead atoms. The van der Waals surface area contributed by atoms with Gasteiger partial charge in [0.05, 0.1) is 35.5 Å². The summed E-state index contributed by atoms with van der Waals surface area (Å²) in [6.07, 6.45) is 4.83. The molecule has 0 fully saturated rings. The number of nitrogens with zero attached hydrogens (tertiary/aromatic N) is 4. The molecule has 2 heterocycles. The Kier molecular flexibility index (Phi) is 11.8. The molecule has 5 rings (SSSR count).